The second kappa shape index (κ2) is 4.91. The molecule has 15 heavy (non-hydrogen) atoms. The molecule has 0 aromatic heterocycles. The lowest BCUT2D eigenvalue weighted by atomic mass is 9.93. The molecule has 0 aromatic rings. The van der Waals surface area contributed by atoms with Crippen LogP contribution in [0, 0.1) is 10.8 Å². The quantitative estimate of drug-likeness (QED) is 0.378. The molecule has 6 nitrogen and oxygen atoms in total. The molecule has 0 spiro atoms. The molecule has 0 aliphatic heterocycles. The van der Waals surface area contributed by atoms with Crippen molar-refractivity contribution in [1.82, 2.24) is 9.44 Å². The largest absolute Gasteiger partial charge is 0.387 e. The van der Waals surface area contributed by atoms with Gasteiger partial charge in [0.2, 0.25) is 0 Å². The van der Waals surface area contributed by atoms with Crippen molar-refractivity contribution in [3.63, 3.8) is 0 Å². The zero-order valence-corrected chi connectivity index (χ0v) is 10.4. The first-order valence-electron chi connectivity index (χ1n) is 4.68. The van der Waals surface area contributed by atoms with Gasteiger partial charge in [0.25, 0.3) is 10.2 Å². The summed E-state index contributed by atoms with van der Waals surface area (Å²) in [6.45, 7) is 6.97. The first kappa shape index (κ1) is 14.3. The van der Waals surface area contributed by atoms with E-state index in [2.05, 4.69) is 9.44 Å². The molecule has 0 aliphatic rings. The molecule has 0 heterocycles. The van der Waals surface area contributed by atoms with E-state index in [4.69, 9.17) is 11.1 Å². The van der Waals surface area contributed by atoms with E-state index in [1.54, 1.807) is 27.7 Å². The van der Waals surface area contributed by atoms with Crippen LogP contribution in [0.25, 0.3) is 0 Å². The van der Waals surface area contributed by atoms with Crippen molar-refractivity contribution >= 4 is 16.0 Å². The Balaban J connectivity index is 4.34. The topological polar surface area (TPSA) is 108 Å². The van der Waals surface area contributed by atoms with Gasteiger partial charge in [-0.15, -0.1) is 0 Å². The average molecular weight is 236 g/mol. The molecule has 0 rings (SSSR count). The Hall–Kier alpha value is -0.660. The lowest BCUT2D eigenvalue weighted by Gasteiger charge is -2.23. The summed E-state index contributed by atoms with van der Waals surface area (Å²) in [7, 11) is -3.50. The molecule has 0 unspecified atom stereocenters. The van der Waals surface area contributed by atoms with Crippen LogP contribution < -0.4 is 15.2 Å². The average Bonchev–Trinajstić information content (AvgIpc) is 1.98. The summed E-state index contributed by atoms with van der Waals surface area (Å²) in [6, 6.07) is -0.164. The number of hydrogen-bond donors (Lipinski definition) is 4. The Morgan fingerprint density at radius 3 is 2.27 bits per heavy atom. The van der Waals surface area contributed by atoms with Crippen LogP contribution in [0.5, 0.6) is 0 Å². The molecule has 0 fully saturated rings. The van der Waals surface area contributed by atoms with Crippen molar-refractivity contribution in [3.05, 3.63) is 0 Å². The standard InChI is InChI=1S/C8H20N4O2S/c1-6(2)12-15(13,14)11-5-8(3,4)7(9)10/h6,11-12H,5H2,1-4H3,(H3,9,10). The first-order chi connectivity index (χ1) is 6.57. The molecule has 0 radical (unpaired) electrons. The molecule has 90 valence electrons. The number of nitrogens with two attached hydrogens (primary N) is 1. The van der Waals surface area contributed by atoms with Crippen LogP contribution in [0.15, 0.2) is 0 Å². The Kier molecular flexibility index (Phi) is 4.69. The smallest absolute Gasteiger partial charge is 0.277 e. The monoisotopic (exact) mass is 236 g/mol. The number of rotatable bonds is 6. The highest BCUT2D eigenvalue weighted by Crippen LogP contribution is 2.12. The van der Waals surface area contributed by atoms with Crippen LogP contribution in [-0.2, 0) is 10.2 Å². The van der Waals surface area contributed by atoms with E-state index in [1.807, 2.05) is 0 Å². The molecule has 0 amide bonds. The molecule has 0 atom stereocenters. The van der Waals surface area contributed by atoms with Crippen molar-refractivity contribution in [2.75, 3.05) is 6.54 Å². The summed E-state index contributed by atoms with van der Waals surface area (Å²) in [4.78, 5) is 0. The highest BCUT2D eigenvalue weighted by molar-refractivity contribution is 7.87. The lowest BCUT2D eigenvalue weighted by Crippen LogP contribution is -2.47. The highest BCUT2D eigenvalue weighted by atomic mass is 32.2. The van der Waals surface area contributed by atoms with Gasteiger partial charge in [0.05, 0.1) is 5.84 Å². The van der Waals surface area contributed by atoms with Gasteiger partial charge in [-0.25, -0.2) is 4.72 Å². The van der Waals surface area contributed by atoms with E-state index < -0.39 is 15.6 Å². The van der Waals surface area contributed by atoms with Gasteiger partial charge in [-0.05, 0) is 13.8 Å². The summed E-state index contributed by atoms with van der Waals surface area (Å²) in [5.74, 6) is -0.0465. The van der Waals surface area contributed by atoms with Crippen LogP contribution in [0.2, 0.25) is 0 Å². The summed E-state index contributed by atoms with van der Waals surface area (Å²) in [5, 5.41) is 7.27. The summed E-state index contributed by atoms with van der Waals surface area (Å²) >= 11 is 0. The molecule has 5 N–H and O–H groups in total. The fourth-order valence-electron chi connectivity index (χ4n) is 0.723. The van der Waals surface area contributed by atoms with Crippen molar-refractivity contribution in [3.8, 4) is 0 Å². The van der Waals surface area contributed by atoms with Crippen molar-refractivity contribution in [1.29, 1.82) is 5.41 Å². The van der Waals surface area contributed by atoms with E-state index in [0.717, 1.165) is 0 Å². The number of amidine groups is 1. The second-order valence-electron chi connectivity index (χ2n) is 4.39. The van der Waals surface area contributed by atoms with Crippen molar-refractivity contribution in [2.45, 2.75) is 33.7 Å². The maximum Gasteiger partial charge on any atom is 0.277 e. The fraction of sp³-hybridized carbons (Fsp3) is 0.875. The van der Waals surface area contributed by atoms with Gasteiger partial charge in [0.1, 0.15) is 0 Å². The third-order valence-electron chi connectivity index (χ3n) is 1.82. The molecular formula is C8H20N4O2S. The third-order valence-corrected chi connectivity index (χ3v) is 3.13. The Morgan fingerprint density at radius 2 is 1.93 bits per heavy atom. The Labute approximate surface area is 91.3 Å². The predicted octanol–water partition coefficient (Wildman–Crippen LogP) is -0.219. The number of hydrogen-bond acceptors (Lipinski definition) is 3. The van der Waals surface area contributed by atoms with Gasteiger partial charge in [0.15, 0.2) is 0 Å². The molecule has 0 aliphatic carbocycles. The van der Waals surface area contributed by atoms with E-state index in [0.29, 0.717) is 0 Å². The Bertz CT molecular complexity index is 322. The van der Waals surface area contributed by atoms with Gasteiger partial charge in [-0.2, -0.15) is 13.1 Å². The summed E-state index contributed by atoms with van der Waals surface area (Å²) in [6.07, 6.45) is 0. The van der Waals surface area contributed by atoms with E-state index >= 15 is 0 Å². The van der Waals surface area contributed by atoms with E-state index in [-0.39, 0.29) is 18.4 Å². The molecular weight excluding hydrogens is 216 g/mol. The van der Waals surface area contributed by atoms with Gasteiger partial charge in [-0.3, -0.25) is 5.41 Å². The molecule has 0 aromatic carbocycles. The van der Waals surface area contributed by atoms with Crippen LogP contribution in [-0.4, -0.2) is 26.8 Å². The fourth-order valence-corrected chi connectivity index (χ4v) is 1.98. The van der Waals surface area contributed by atoms with E-state index in [1.165, 1.54) is 0 Å². The van der Waals surface area contributed by atoms with Gasteiger partial charge < -0.3 is 5.73 Å². The molecule has 0 bridgehead atoms. The van der Waals surface area contributed by atoms with Crippen molar-refractivity contribution in [2.24, 2.45) is 11.1 Å². The third kappa shape index (κ3) is 5.71. The minimum absolute atomic E-state index is 0.0465. The minimum Gasteiger partial charge on any atom is -0.387 e. The molecule has 7 heteroatoms. The van der Waals surface area contributed by atoms with Crippen LogP contribution in [0.4, 0.5) is 0 Å². The maximum absolute atomic E-state index is 11.4. The molecule has 0 saturated carbocycles. The minimum atomic E-state index is -3.50. The Morgan fingerprint density at radius 1 is 1.47 bits per heavy atom. The molecule has 0 saturated heterocycles. The maximum atomic E-state index is 11.4. The highest BCUT2D eigenvalue weighted by Gasteiger charge is 2.24. The SMILES string of the molecule is CC(C)NS(=O)(=O)NCC(C)(C)C(=N)N. The van der Waals surface area contributed by atoms with Crippen LogP contribution >= 0.6 is 0 Å². The zero-order chi connectivity index (χ0) is 12.3. The first-order valence-corrected chi connectivity index (χ1v) is 6.16. The summed E-state index contributed by atoms with van der Waals surface area (Å²) in [5.41, 5.74) is 4.65. The normalized spacial score (nSPS) is 13.1. The van der Waals surface area contributed by atoms with Gasteiger partial charge >= 0.3 is 0 Å². The second-order valence-corrected chi connectivity index (χ2v) is 5.93. The van der Waals surface area contributed by atoms with Crippen LogP contribution in [0.3, 0.4) is 0 Å². The van der Waals surface area contributed by atoms with Gasteiger partial charge in [0, 0.05) is 18.0 Å². The number of nitrogens with one attached hydrogen (secondary N) is 3. The van der Waals surface area contributed by atoms with E-state index in [9.17, 15) is 8.42 Å². The van der Waals surface area contributed by atoms with Crippen molar-refractivity contribution < 1.29 is 8.42 Å². The van der Waals surface area contributed by atoms with Crippen LogP contribution in [0.1, 0.15) is 27.7 Å². The van der Waals surface area contributed by atoms with Gasteiger partial charge in [-0.1, -0.05) is 13.8 Å². The lowest BCUT2D eigenvalue weighted by molar-refractivity contribution is 0.486. The summed E-state index contributed by atoms with van der Waals surface area (Å²) < 4.78 is 27.5. The zero-order valence-electron chi connectivity index (χ0n) is 9.59. The predicted molar refractivity (Wildman–Crippen MR) is 60.9 cm³/mol.